The maximum absolute atomic E-state index is 9.80. The standard InChI is InChI=1S/C11H21NO2/c13-8-9-3-2-6-12(7-9)10-4-1-5-11(10)14/h9-11,13-14H,1-8H2/t9?,10-,11-/m0/s1. The summed E-state index contributed by atoms with van der Waals surface area (Å²) in [4.78, 5) is 2.39. The van der Waals surface area contributed by atoms with Crippen LogP contribution >= 0.6 is 0 Å². The lowest BCUT2D eigenvalue weighted by Gasteiger charge is -2.37. The first-order valence-corrected chi connectivity index (χ1v) is 5.84. The van der Waals surface area contributed by atoms with Gasteiger partial charge in [0.25, 0.3) is 0 Å². The summed E-state index contributed by atoms with van der Waals surface area (Å²) in [5.41, 5.74) is 0. The Morgan fingerprint density at radius 1 is 1.14 bits per heavy atom. The zero-order valence-corrected chi connectivity index (χ0v) is 8.73. The average Bonchev–Trinajstić information content (AvgIpc) is 2.65. The Morgan fingerprint density at radius 2 is 2.00 bits per heavy atom. The molecule has 0 aromatic rings. The SMILES string of the molecule is OCC1CCCN([C@H]2CCC[C@@H]2O)C1. The number of nitrogens with zero attached hydrogens (tertiary/aromatic N) is 1. The first-order valence-electron chi connectivity index (χ1n) is 5.84. The zero-order chi connectivity index (χ0) is 9.97. The molecule has 3 heteroatoms. The van der Waals surface area contributed by atoms with Crippen LogP contribution in [-0.4, -0.2) is 47.0 Å². The first kappa shape index (κ1) is 10.4. The molecular formula is C11H21NO2. The van der Waals surface area contributed by atoms with E-state index in [1.807, 2.05) is 0 Å². The van der Waals surface area contributed by atoms with Crippen molar-refractivity contribution in [1.82, 2.24) is 4.90 Å². The molecule has 2 fully saturated rings. The lowest BCUT2D eigenvalue weighted by atomic mass is 9.97. The zero-order valence-electron chi connectivity index (χ0n) is 8.73. The highest BCUT2D eigenvalue weighted by Gasteiger charge is 2.33. The number of aliphatic hydroxyl groups excluding tert-OH is 2. The van der Waals surface area contributed by atoms with E-state index >= 15 is 0 Å². The van der Waals surface area contributed by atoms with Crippen molar-refractivity contribution in [3.05, 3.63) is 0 Å². The quantitative estimate of drug-likeness (QED) is 0.684. The van der Waals surface area contributed by atoms with Gasteiger partial charge in [-0.2, -0.15) is 0 Å². The van der Waals surface area contributed by atoms with E-state index in [0.29, 0.717) is 18.6 Å². The molecule has 0 aromatic heterocycles. The van der Waals surface area contributed by atoms with Crippen LogP contribution in [0.5, 0.6) is 0 Å². The molecule has 1 saturated carbocycles. The van der Waals surface area contributed by atoms with Crippen LogP contribution in [0.4, 0.5) is 0 Å². The van der Waals surface area contributed by atoms with Crippen LogP contribution in [0.2, 0.25) is 0 Å². The topological polar surface area (TPSA) is 43.7 Å². The smallest absolute Gasteiger partial charge is 0.0695 e. The van der Waals surface area contributed by atoms with E-state index in [1.165, 1.54) is 6.42 Å². The van der Waals surface area contributed by atoms with Crippen molar-refractivity contribution in [2.45, 2.75) is 44.2 Å². The fourth-order valence-corrected chi connectivity index (χ4v) is 2.89. The van der Waals surface area contributed by atoms with Crippen LogP contribution in [0, 0.1) is 5.92 Å². The van der Waals surface area contributed by atoms with Gasteiger partial charge >= 0.3 is 0 Å². The number of piperidine rings is 1. The Labute approximate surface area is 85.7 Å². The molecule has 0 bridgehead atoms. The van der Waals surface area contributed by atoms with E-state index in [9.17, 15) is 5.11 Å². The second kappa shape index (κ2) is 4.60. The summed E-state index contributed by atoms with van der Waals surface area (Å²) in [7, 11) is 0. The maximum atomic E-state index is 9.80. The van der Waals surface area contributed by atoms with Gasteiger partial charge < -0.3 is 10.2 Å². The lowest BCUT2D eigenvalue weighted by Crippen LogP contribution is -2.46. The molecule has 0 aromatic carbocycles. The third-order valence-corrected chi connectivity index (χ3v) is 3.72. The largest absolute Gasteiger partial charge is 0.396 e. The van der Waals surface area contributed by atoms with E-state index in [4.69, 9.17) is 5.11 Å². The normalized spacial score (nSPS) is 40.3. The molecule has 1 aliphatic carbocycles. The van der Waals surface area contributed by atoms with Crippen molar-refractivity contribution >= 4 is 0 Å². The fourth-order valence-electron chi connectivity index (χ4n) is 2.89. The second-order valence-corrected chi connectivity index (χ2v) is 4.75. The number of likely N-dealkylation sites (tertiary alicyclic amines) is 1. The van der Waals surface area contributed by atoms with Crippen molar-refractivity contribution < 1.29 is 10.2 Å². The minimum Gasteiger partial charge on any atom is -0.396 e. The fraction of sp³-hybridized carbons (Fsp3) is 1.00. The van der Waals surface area contributed by atoms with E-state index in [1.54, 1.807) is 0 Å². The third-order valence-electron chi connectivity index (χ3n) is 3.72. The number of hydrogen-bond donors (Lipinski definition) is 2. The summed E-state index contributed by atoms with van der Waals surface area (Å²) in [6, 6.07) is 0.379. The van der Waals surface area contributed by atoms with Crippen molar-refractivity contribution in [3.63, 3.8) is 0 Å². The van der Waals surface area contributed by atoms with Gasteiger partial charge in [-0.15, -0.1) is 0 Å². The summed E-state index contributed by atoms with van der Waals surface area (Å²) in [5.74, 6) is 0.441. The summed E-state index contributed by atoms with van der Waals surface area (Å²) < 4.78 is 0. The Bertz CT molecular complexity index is 186. The van der Waals surface area contributed by atoms with Crippen LogP contribution in [0.15, 0.2) is 0 Å². The number of rotatable bonds is 2. The van der Waals surface area contributed by atoms with Crippen LogP contribution in [0.3, 0.4) is 0 Å². The summed E-state index contributed by atoms with van der Waals surface area (Å²) in [6.07, 6.45) is 5.47. The molecule has 3 nitrogen and oxygen atoms in total. The molecule has 82 valence electrons. The molecular weight excluding hydrogens is 178 g/mol. The van der Waals surface area contributed by atoms with Crippen LogP contribution in [-0.2, 0) is 0 Å². The molecule has 14 heavy (non-hydrogen) atoms. The number of aliphatic hydroxyl groups is 2. The van der Waals surface area contributed by atoms with Gasteiger partial charge in [-0.1, -0.05) is 0 Å². The van der Waals surface area contributed by atoms with Gasteiger partial charge in [0, 0.05) is 19.2 Å². The van der Waals surface area contributed by atoms with Gasteiger partial charge in [-0.25, -0.2) is 0 Å². The van der Waals surface area contributed by atoms with Crippen molar-refractivity contribution in [3.8, 4) is 0 Å². The molecule has 3 atom stereocenters. The third kappa shape index (κ3) is 2.10. The summed E-state index contributed by atoms with van der Waals surface area (Å²) in [6.45, 7) is 2.40. The number of hydrogen-bond acceptors (Lipinski definition) is 3. The van der Waals surface area contributed by atoms with Crippen molar-refractivity contribution in [2.75, 3.05) is 19.7 Å². The van der Waals surface area contributed by atoms with Gasteiger partial charge in [0.05, 0.1) is 6.10 Å². The average molecular weight is 199 g/mol. The minimum absolute atomic E-state index is 0.118. The predicted molar refractivity (Wildman–Crippen MR) is 55.0 cm³/mol. The van der Waals surface area contributed by atoms with Crippen LogP contribution in [0.25, 0.3) is 0 Å². The van der Waals surface area contributed by atoms with E-state index in [-0.39, 0.29) is 6.10 Å². The highest BCUT2D eigenvalue weighted by Crippen LogP contribution is 2.28. The molecule has 2 rings (SSSR count). The van der Waals surface area contributed by atoms with Gasteiger partial charge in [0.2, 0.25) is 0 Å². The highest BCUT2D eigenvalue weighted by molar-refractivity contribution is 4.87. The monoisotopic (exact) mass is 199 g/mol. The van der Waals surface area contributed by atoms with Crippen molar-refractivity contribution in [2.24, 2.45) is 5.92 Å². The maximum Gasteiger partial charge on any atom is 0.0695 e. The Morgan fingerprint density at radius 3 is 2.64 bits per heavy atom. The Kier molecular flexibility index (Phi) is 3.42. The minimum atomic E-state index is -0.118. The molecule has 0 radical (unpaired) electrons. The second-order valence-electron chi connectivity index (χ2n) is 4.75. The molecule has 2 N–H and O–H groups in total. The Hall–Kier alpha value is -0.120. The molecule has 0 spiro atoms. The van der Waals surface area contributed by atoms with E-state index < -0.39 is 0 Å². The summed E-state index contributed by atoms with van der Waals surface area (Å²) in [5, 5.41) is 18.9. The van der Waals surface area contributed by atoms with Crippen LogP contribution < -0.4 is 0 Å². The Balaban J connectivity index is 1.90. The molecule has 1 saturated heterocycles. The highest BCUT2D eigenvalue weighted by atomic mass is 16.3. The molecule has 1 unspecified atom stereocenters. The predicted octanol–water partition coefficient (Wildman–Crippen LogP) is 0.604. The van der Waals surface area contributed by atoms with Crippen molar-refractivity contribution in [1.29, 1.82) is 0 Å². The van der Waals surface area contributed by atoms with Gasteiger partial charge in [-0.05, 0) is 44.6 Å². The van der Waals surface area contributed by atoms with Gasteiger partial charge in [-0.3, -0.25) is 4.90 Å². The van der Waals surface area contributed by atoms with E-state index in [2.05, 4.69) is 4.90 Å². The van der Waals surface area contributed by atoms with Gasteiger partial charge in [0.1, 0.15) is 0 Å². The summed E-state index contributed by atoms with van der Waals surface area (Å²) >= 11 is 0. The molecule has 0 amide bonds. The van der Waals surface area contributed by atoms with Gasteiger partial charge in [0.15, 0.2) is 0 Å². The first-order chi connectivity index (χ1) is 6.81. The molecule has 1 heterocycles. The van der Waals surface area contributed by atoms with E-state index in [0.717, 1.165) is 38.8 Å². The lowest BCUT2D eigenvalue weighted by molar-refractivity contribution is 0.0315. The van der Waals surface area contributed by atoms with Crippen LogP contribution in [0.1, 0.15) is 32.1 Å². The molecule has 1 aliphatic heterocycles. The molecule has 2 aliphatic rings.